The molecular formula is C91H88Cl12N10O16. The molecule has 1 aliphatic heterocycles. The van der Waals surface area contributed by atoms with Gasteiger partial charge in [0.05, 0.1) is 117 Å². The van der Waals surface area contributed by atoms with Crippen molar-refractivity contribution in [3.8, 4) is 52.0 Å². The van der Waals surface area contributed by atoms with Crippen LogP contribution in [-0.4, -0.2) is 118 Å². The Hall–Kier alpha value is -10.6. The molecular weight excluding hydrogens is 1910 g/mol. The first-order valence-electron chi connectivity index (χ1n) is 38.3. The predicted molar refractivity (Wildman–Crippen MR) is 513 cm³/mol. The van der Waals surface area contributed by atoms with E-state index in [1.54, 1.807) is 120 Å². The third-order valence-electron chi connectivity index (χ3n) is 16.7. The highest BCUT2D eigenvalue weighted by atomic mass is 35.5. The minimum atomic E-state index is -0.498. The van der Waals surface area contributed by atoms with E-state index in [0.717, 1.165) is 49.6 Å². The maximum absolute atomic E-state index is 13.2. The molecule has 129 heavy (non-hydrogen) atoms. The Bertz CT molecular complexity index is 5570. The van der Waals surface area contributed by atoms with Crippen molar-refractivity contribution in [1.29, 1.82) is 0 Å². The number of phenolic OH excluding ortho intramolecular Hbond substituents is 1. The minimum Gasteiger partial charge on any atom is -0.507 e. The maximum atomic E-state index is 13.2. The number of rotatable bonds is 36. The highest BCUT2D eigenvalue weighted by Gasteiger charge is 2.33. The third-order valence-corrected chi connectivity index (χ3v) is 19.9. The standard InChI is InChI=1S/C29H33NO8.C20H16Cl3N3O2.3C14H13Cl3N2O2/c1-20(2)37-18-33-11-13-35-24-9-10-28(36-14-12-34-19-38-21(3)4)26(17-24)30-29(32)25-15-22-7-5-6-8-23(22)16-27(25)31;1-11(2)13-5-3-12(4-6-13)10-24-20(28)17-9-18(27)26(25-17)19-15(22)7-14(21)8-16(19)23;3*1-8(2)20-7-21-13-4-9(3)18-19(13)14-11(16)5-10(15)6-12(14)17/h5-10,15-17,31H,1,3,11-14,18-19H2,2,4H3,(H,30,32);3-8H,1,9-10H2,2H3,(H,24,28);3*4-6H,1,7H2,2-3H3. The quantitative estimate of drug-likeness (QED) is 0.0187. The van der Waals surface area contributed by atoms with Crippen LogP contribution in [0.2, 0.25) is 60.3 Å². The molecule has 0 atom stereocenters. The molecule has 3 aromatic heterocycles. The molecule has 11 aromatic rings. The number of nitrogens with one attached hydrogen (secondary N) is 2. The number of fused-ring (bicyclic) bond motifs is 1. The lowest BCUT2D eigenvalue weighted by Gasteiger charge is -2.16. The van der Waals surface area contributed by atoms with Gasteiger partial charge in [0.1, 0.15) is 58.9 Å². The fourth-order valence-electron chi connectivity index (χ4n) is 10.9. The number of phenols is 1. The molecule has 3 N–H and O–H groups in total. The summed E-state index contributed by atoms with van der Waals surface area (Å²) in [4.78, 5) is 37.9. The van der Waals surface area contributed by atoms with Crippen molar-refractivity contribution in [2.24, 2.45) is 5.10 Å². The van der Waals surface area contributed by atoms with E-state index >= 15 is 0 Å². The van der Waals surface area contributed by atoms with Crippen molar-refractivity contribution < 1.29 is 76.3 Å². The third kappa shape index (κ3) is 32.2. The lowest BCUT2D eigenvalue weighted by Crippen LogP contribution is -2.30. The van der Waals surface area contributed by atoms with Crippen molar-refractivity contribution in [2.75, 3.05) is 70.7 Å². The van der Waals surface area contributed by atoms with Gasteiger partial charge >= 0.3 is 0 Å². The zero-order valence-corrected chi connectivity index (χ0v) is 80.1. The number of carbonyl (C=O) groups is 3. The summed E-state index contributed by atoms with van der Waals surface area (Å²) in [6, 6.07) is 41.1. The average molecular weight is 2000 g/mol. The van der Waals surface area contributed by atoms with Crippen LogP contribution < -0.4 is 39.3 Å². The fraction of sp³-hybridized carbons (Fsp3) is 0.220. The van der Waals surface area contributed by atoms with Gasteiger partial charge in [-0.15, -0.1) is 0 Å². The molecule has 0 radical (unpaired) electrons. The van der Waals surface area contributed by atoms with Gasteiger partial charge in [-0.05, 0) is 157 Å². The molecule has 0 aliphatic carbocycles. The van der Waals surface area contributed by atoms with Crippen molar-refractivity contribution in [3.05, 3.63) is 308 Å². The minimum absolute atomic E-state index is 0.0172. The normalized spacial score (nSPS) is 11.2. The zero-order chi connectivity index (χ0) is 94.5. The number of amides is 3. The number of benzene rings is 8. The van der Waals surface area contributed by atoms with Crippen molar-refractivity contribution >= 4 is 190 Å². The molecule has 38 heteroatoms. The summed E-state index contributed by atoms with van der Waals surface area (Å²) in [5, 5.41) is 40.2. The van der Waals surface area contributed by atoms with Gasteiger partial charge in [-0.1, -0.05) is 233 Å². The van der Waals surface area contributed by atoms with Crippen LogP contribution in [0.15, 0.2) is 219 Å². The maximum Gasteiger partial charge on any atom is 0.268 e. The van der Waals surface area contributed by atoms with Gasteiger partial charge < -0.3 is 72.6 Å². The second-order valence-electron chi connectivity index (χ2n) is 27.7. The number of allylic oxidation sites excluding steroid dienone is 6. The Morgan fingerprint density at radius 3 is 1.19 bits per heavy atom. The van der Waals surface area contributed by atoms with Crippen LogP contribution >= 0.6 is 139 Å². The van der Waals surface area contributed by atoms with E-state index in [1.165, 1.54) is 26.2 Å². The number of nitrogens with zero attached hydrogens (tertiary/aromatic N) is 8. The Morgan fingerprint density at radius 1 is 0.426 bits per heavy atom. The number of aromatic hydroxyl groups is 1. The first kappa shape index (κ1) is 104. The van der Waals surface area contributed by atoms with Crippen LogP contribution in [-0.2, 0) is 49.3 Å². The van der Waals surface area contributed by atoms with Gasteiger partial charge in [0.2, 0.25) is 38.0 Å². The van der Waals surface area contributed by atoms with Crippen LogP contribution in [0.5, 0.6) is 34.9 Å². The first-order valence-corrected chi connectivity index (χ1v) is 42.9. The molecule has 1 aliphatic rings. The van der Waals surface area contributed by atoms with Crippen molar-refractivity contribution in [3.63, 3.8) is 0 Å². The largest absolute Gasteiger partial charge is 0.507 e. The Labute approximate surface area is 805 Å². The smallest absolute Gasteiger partial charge is 0.268 e. The molecule has 0 unspecified atom stereocenters. The van der Waals surface area contributed by atoms with E-state index in [1.807, 2.05) is 76.2 Å². The van der Waals surface area contributed by atoms with Crippen LogP contribution in [0, 0.1) is 20.8 Å². The number of anilines is 2. The van der Waals surface area contributed by atoms with Crippen molar-refractivity contribution in [2.45, 2.75) is 75.3 Å². The number of carbonyl (C=O) groups excluding carboxylic acids is 3. The summed E-state index contributed by atoms with van der Waals surface area (Å²) >= 11 is 73.2. The number of hydrazone groups is 1. The van der Waals surface area contributed by atoms with Crippen LogP contribution in [0.4, 0.5) is 11.4 Å². The molecule has 3 amide bonds. The number of halogens is 12. The number of hydrogen-bond donors (Lipinski definition) is 3. The highest BCUT2D eigenvalue weighted by Crippen LogP contribution is 2.42. The lowest BCUT2D eigenvalue weighted by molar-refractivity contribution is -0.118. The van der Waals surface area contributed by atoms with Gasteiger partial charge in [-0.25, -0.2) is 0 Å². The van der Waals surface area contributed by atoms with Gasteiger partial charge in [-0.3, -0.25) is 14.4 Å². The summed E-state index contributed by atoms with van der Waals surface area (Å²) in [6.45, 7) is 39.7. The summed E-state index contributed by atoms with van der Waals surface area (Å²) in [7, 11) is 0. The molecule has 0 saturated carbocycles. The lowest BCUT2D eigenvalue weighted by atomic mass is 10.1. The van der Waals surface area contributed by atoms with Gasteiger partial charge in [-0.2, -0.15) is 39.5 Å². The summed E-state index contributed by atoms with van der Waals surface area (Å²) in [5.74, 6) is 3.60. The number of ether oxygens (including phenoxy) is 12. The zero-order valence-electron chi connectivity index (χ0n) is 71.1. The van der Waals surface area contributed by atoms with Crippen molar-refractivity contribution in [1.82, 2.24) is 34.7 Å². The monoisotopic (exact) mass is 2000 g/mol. The van der Waals surface area contributed by atoms with Crippen LogP contribution in [0.3, 0.4) is 0 Å². The average Bonchev–Trinajstić information content (AvgIpc) is 1.72. The summed E-state index contributed by atoms with van der Waals surface area (Å²) < 4.78 is 69.2. The van der Waals surface area contributed by atoms with E-state index < -0.39 is 17.7 Å². The predicted octanol–water partition coefficient (Wildman–Crippen LogP) is 25.8. The molecule has 4 heterocycles. The summed E-state index contributed by atoms with van der Waals surface area (Å²) in [5.41, 5.74) is 7.47. The van der Waals surface area contributed by atoms with Crippen LogP contribution in [0.1, 0.15) is 86.5 Å². The van der Waals surface area contributed by atoms with Gasteiger partial charge in [0.25, 0.3) is 17.7 Å². The van der Waals surface area contributed by atoms with E-state index in [2.05, 4.69) is 70.5 Å². The second-order valence-corrected chi connectivity index (χ2v) is 32.7. The Balaban J connectivity index is 0.000000204. The van der Waals surface area contributed by atoms with Gasteiger partial charge in [0, 0.05) is 50.9 Å². The molecule has 12 rings (SSSR count). The number of aromatic nitrogens is 6. The topological polar surface area (TPSA) is 275 Å². The van der Waals surface area contributed by atoms with E-state index in [9.17, 15) is 19.5 Å². The molecule has 0 bridgehead atoms. The van der Waals surface area contributed by atoms with E-state index in [4.69, 9.17) is 196 Å². The van der Waals surface area contributed by atoms with E-state index in [-0.39, 0.29) is 93.0 Å². The van der Waals surface area contributed by atoms with E-state index in [0.29, 0.717) is 144 Å². The number of hydrogen-bond acceptors (Lipinski definition) is 20. The van der Waals surface area contributed by atoms with Gasteiger partial charge in [0.15, 0.2) is 13.6 Å². The fourth-order valence-corrected chi connectivity index (χ4v) is 14.8. The summed E-state index contributed by atoms with van der Waals surface area (Å²) in [6.07, 6.45) is -0.143. The molecule has 0 saturated heterocycles. The molecule has 8 aromatic carbocycles. The Kier molecular flexibility index (Phi) is 40.6. The van der Waals surface area contributed by atoms with Crippen LogP contribution in [0.25, 0.3) is 33.4 Å². The highest BCUT2D eigenvalue weighted by molar-refractivity contribution is 6.47. The molecule has 0 fully saturated rings. The first-order chi connectivity index (χ1) is 61.2. The molecule has 0 spiro atoms. The molecule has 26 nitrogen and oxygen atoms in total. The second kappa shape index (κ2) is 50.5. The molecule has 682 valence electrons. The number of aryl methyl sites for hydroxylation is 3. The Morgan fingerprint density at radius 2 is 0.798 bits per heavy atom. The SMILES string of the molecule is C=C(C)OCOCCOc1ccc(OCCOCOC(=C)C)c(NC(=O)c2cc3ccccc3cc2O)c1.C=C(C)OCOc1cc(C)nn1-c1c(Cl)cc(Cl)cc1Cl.C=C(C)OCOc1cc(C)nn1-c1c(Cl)cc(Cl)cc1Cl.C=C(C)OCOc1cc(C)nn1-c1c(Cl)cc(Cl)cc1Cl.C=C(C)c1ccc(CNC(=O)C2=NN(c3c(Cl)cc(Cl)cc3Cl)C(=O)C2)cc1.